The van der Waals surface area contributed by atoms with Crippen molar-refractivity contribution in [2.75, 3.05) is 38.5 Å². The van der Waals surface area contributed by atoms with Crippen LogP contribution in [-0.4, -0.2) is 54.8 Å². The molecule has 1 aromatic carbocycles. The highest BCUT2D eigenvalue weighted by Gasteiger charge is 2.16. The van der Waals surface area contributed by atoms with Gasteiger partial charge in [0.25, 0.3) is 0 Å². The highest BCUT2D eigenvalue weighted by molar-refractivity contribution is 9.11. The van der Waals surface area contributed by atoms with Crippen molar-refractivity contribution in [1.29, 1.82) is 0 Å². The van der Waals surface area contributed by atoms with E-state index in [0.29, 0.717) is 18.8 Å². The summed E-state index contributed by atoms with van der Waals surface area (Å²) in [5.41, 5.74) is 1.78. The predicted octanol–water partition coefficient (Wildman–Crippen LogP) is 3.26. The summed E-state index contributed by atoms with van der Waals surface area (Å²) in [6.07, 6.45) is 0. The molecule has 128 valence electrons. The Morgan fingerprint density at radius 3 is 2.09 bits per heavy atom. The number of likely N-dealkylation sites (N-methyl/N-ethyl adjacent to an activating group) is 2. The van der Waals surface area contributed by atoms with Gasteiger partial charge in [-0.05, 0) is 77.4 Å². The molecule has 0 heterocycles. The van der Waals surface area contributed by atoms with Crippen molar-refractivity contribution >= 4 is 49.4 Å². The Bertz CT molecular complexity index is 551. The number of carbonyl (C=O) groups is 2. The summed E-state index contributed by atoms with van der Waals surface area (Å²) in [5, 5.41) is 2.87. The van der Waals surface area contributed by atoms with Crippen molar-refractivity contribution in [2.45, 2.75) is 20.8 Å². The number of hydrogen-bond donors (Lipinski definition) is 1. The molecule has 5 nitrogen and oxygen atoms in total. The number of rotatable bonds is 7. The van der Waals surface area contributed by atoms with Crippen LogP contribution in [0.2, 0.25) is 0 Å². The second kappa shape index (κ2) is 9.39. The van der Waals surface area contributed by atoms with Gasteiger partial charge in [-0.1, -0.05) is 0 Å². The van der Waals surface area contributed by atoms with Gasteiger partial charge in [0, 0.05) is 22.0 Å². The number of carbonyl (C=O) groups excluding carboxylic acids is 2. The van der Waals surface area contributed by atoms with E-state index in [9.17, 15) is 9.59 Å². The van der Waals surface area contributed by atoms with E-state index in [-0.39, 0.29) is 24.9 Å². The van der Waals surface area contributed by atoms with Gasteiger partial charge in [-0.2, -0.15) is 0 Å². The summed E-state index contributed by atoms with van der Waals surface area (Å²) >= 11 is 6.90. The van der Waals surface area contributed by atoms with Gasteiger partial charge < -0.3 is 10.2 Å². The fourth-order valence-electron chi connectivity index (χ4n) is 2.21. The molecule has 0 saturated carbocycles. The largest absolute Gasteiger partial charge is 0.342 e. The quantitative estimate of drug-likeness (QED) is 0.696. The van der Waals surface area contributed by atoms with Crippen LogP contribution in [-0.2, 0) is 9.59 Å². The Hall–Kier alpha value is -0.920. The van der Waals surface area contributed by atoms with E-state index < -0.39 is 0 Å². The molecule has 2 amide bonds. The number of amides is 2. The van der Waals surface area contributed by atoms with E-state index in [1.807, 2.05) is 32.9 Å². The van der Waals surface area contributed by atoms with Gasteiger partial charge in [0.1, 0.15) is 0 Å². The highest BCUT2D eigenvalue weighted by atomic mass is 79.9. The molecule has 0 fully saturated rings. The van der Waals surface area contributed by atoms with Crippen molar-refractivity contribution in [3.05, 3.63) is 26.6 Å². The molecular formula is C16H23Br2N3O2. The third-order valence-electron chi connectivity index (χ3n) is 3.39. The van der Waals surface area contributed by atoms with E-state index in [2.05, 4.69) is 37.2 Å². The molecule has 0 radical (unpaired) electrons. The minimum absolute atomic E-state index is 0.0306. The Balaban J connectivity index is 2.62. The normalized spacial score (nSPS) is 10.7. The molecule has 0 aromatic heterocycles. The minimum Gasteiger partial charge on any atom is -0.342 e. The topological polar surface area (TPSA) is 52.7 Å². The first kappa shape index (κ1) is 20.1. The van der Waals surface area contributed by atoms with E-state index >= 15 is 0 Å². The van der Waals surface area contributed by atoms with Gasteiger partial charge in [0.05, 0.1) is 18.8 Å². The lowest BCUT2D eigenvalue weighted by Crippen LogP contribution is -2.41. The summed E-state index contributed by atoms with van der Waals surface area (Å²) in [7, 11) is 1.76. The minimum atomic E-state index is -0.162. The molecular weight excluding hydrogens is 426 g/mol. The lowest BCUT2D eigenvalue weighted by Gasteiger charge is -2.22. The molecule has 0 aliphatic rings. The van der Waals surface area contributed by atoms with Crippen LogP contribution in [0.1, 0.15) is 19.4 Å². The fraction of sp³-hybridized carbons (Fsp3) is 0.500. The van der Waals surface area contributed by atoms with E-state index in [4.69, 9.17) is 0 Å². The van der Waals surface area contributed by atoms with Gasteiger partial charge >= 0.3 is 0 Å². The van der Waals surface area contributed by atoms with E-state index in [0.717, 1.165) is 14.5 Å². The molecule has 0 aliphatic heterocycles. The third kappa shape index (κ3) is 6.24. The Labute approximate surface area is 154 Å². The van der Waals surface area contributed by atoms with Crippen molar-refractivity contribution in [1.82, 2.24) is 9.80 Å². The van der Waals surface area contributed by atoms with Crippen LogP contribution < -0.4 is 5.32 Å². The Kier molecular flexibility index (Phi) is 8.22. The van der Waals surface area contributed by atoms with Gasteiger partial charge in [0.2, 0.25) is 11.8 Å². The molecule has 0 bridgehead atoms. The number of halogens is 2. The molecule has 1 rings (SSSR count). The SMILES string of the molecule is CCN(CC)C(=O)CN(C)CC(=O)Nc1c(Br)cc(C)cc1Br. The number of hydrogen-bond acceptors (Lipinski definition) is 3. The van der Waals surface area contributed by atoms with E-state index in [1.165, 1.54) is 0 Å². The predicted molar refractivity (Wildman–Crippen MR) is 101 cm³/mol. The average molecular weight is 449 g/mol. The summed E-state index contributed by atoms with van der Waals surface area (Å²) in [5.74, 6) is -0.131. The van der Waals surface area contributed by atoms with Crippen molar-refractivity contribution in [3.8, 4) is 0 Å². The zero-order valence-corrected chi connectivity index (χ0v) is 17.1. The number of nitrogens with one attached hydrogen (secondary N) is 1. The monoisotopic (exact) mass is 447 g/mol. The highest BCUT2D eigenvalue weighted by Crippen LogP contribution is 2.32. The average Bonchev–Trinajstić information content (AvgIpc) is 2.43. The van der Waals surface area contributed by atoms with Crippen LogP contribution in [0.25, 0.3) is 0 Å². The molecule has 7 heteroatoms. The lowest BCUT2D eigenvalue weighted by molar-refractivity contribution is -0.132. The molecule has 23 heavy (non-hydrogen) atoms. The Morgan fingerprint density at radius 1 is 1.09 bits per heavy atom. The second-order valence-corrected chi connectivity index (χ2v) is 7.10. The van der Waals surface area contributed by atoms with Crippen LogP contribution in [0, 0.1) is 6.92 Å². The van der Waals surface area contributed by atoms with E-state index in [1.54, 1.807) is 16.8 Å². The van der Waals surface area contributed by atoms with Crippen molar-refractivity contribution < 1.29 is 9.59 Å². The van der Waals surface area contributed by atoms with Gasteiger partial charge in [-0.25, -0.2) is 0 Å². The van der Waals surface area contributed by atoms with Crippen molar-refractivity contribution in [3.63, 3.8) is 0 Å². The molecule has 1 N–H and O–H groups in total. The molecule has 0 saturated heterocycles. The first-order chi connectivity index (χ1) is 10.8. The maximum atomic E-state index is 12.2. The first-order valence-corrected chi connectivity index (χ1v) is 9.08. The van der Waals surface area contributed by atoms with Crippen LogP contribution in [0.15, 0.2) is 21.1 Å². The number of anilines is 1. The van der Waals surface area contributed by atoms with Gasteiger partial charge in [-0.15, -0.1) is 0 Å². The number of nitrogens with zero attached hydrogens (tertiary/aromatic N) is 2. The summed E-state index contributed by atoms with van der Waals surface area (Å²) in [4.78, 5) is 27.7. The molecule has 0 spiro atoms. The molecule has 0 aliphatic carbocycles. The summed E-state index contributed by atoms with van der Waals surface area (Å²) < 4.78 is 1.64. The van der Waals surface area contributed by atoms with Crippen LogP contribution >= 0.6 is 31.9 Å². The van der Waals surface area contributed by atoms with Crippen LogP contribution in [0.5, 0.6) is 0 Å². The maximum Gasteiger partial charge on any atom is 0.238 e. The molecule has 0 atom stereocenters. The van der Waals surface area contributed by atoms with Gasteiger partial charge in [0.15, 0.2) is 0 Å². The standard InChI is InChI=1S/C16H23Br2N3O2/c1-5-21(6-2)15(23)10-20(4)9-14(22)19-16-12(17)7-11(3)8-13(16)18/h7-8H,5-6,9-10H2,1-4H3,(H,19,22). The third-order valence-corrected chi connectivity index (χ3v) is 4.64. The molecule has 1 aromatic rings. The van der Waals surface area contributed by atoms with Crippen LogP contribution in [0.3, 0.4) is 0 Å². The first-order valence-electron chi connectivity index (χ1n) is 7.50. The fourth-order valence-corrected chi connectivity index (χ4v) is 3.82. The number of aryl methyl sites for hydroxylation is 1. The summed E-state index contributed by atoms with van der Waals surface area (Å²) in [6.45, 7) is 7.61. The number of benzene rings is 1. The van der Waals surface area contributed by atoms with Crippen LogP contribution in [0.4, 0.5) is 5.69 Å². The zero-order chi connectivity index (χ0) is 17.6. The Morgan fingerprint density at radius 2 is 1.61 bits per heavy atom. The second-order valence-electron chi connectivity index (χ2n) is 5.39. The summed E-state index contributed by atoms with van der Waals surface area (Å²) in [6, 6.07) is 3.88. The van der Waals surface area contributed by atoms with Gasteiger partial charge in [-0.3, -0.25) is 14.5 Å². The lowest BCUT2D eigenvalue weighted by atomic mass is 10.2. The molecule has 0 unspecified atom stereocenters. The maximum absolute atomic E-state index is 12.2. The zero-order valence-electron chi connectivity index (χ0n) is 13.9. The smallest absolute Gasteiger partial charge is 0.238 e. The van der Waals surface area contributed by atoms with Crippen molar-refractivity contribution in [2.24, 2.45) is 0 Å².